The van der Waals surface area contributed by atoms with Gasteiger partial charge in [-0.1, -0.05) is 0 Å². The average molecular weight is 345 g/mol. The van der Waals surface area contributed by atoms with E-state index in [1.165, 1.54) is 0 Å². The van der Waals surface area contributed by atoms with Gasteiger partial charge in [0.25, 0.3) is 0 Å². The molecule has 0 amide bonds. The van der Waals surface area contributed by atoms with Crippen LogP contribution < -0.4 is 24.8 Å². The van der Waals surface area contributed by atoms with Gasteiger partial charge >= 0.3 is 120 Å². The molecule has 0 saturated carbocycles. The van der Waals surface area contributed by atoms with Crippen LogP contribution in [0.3, 0.4) is 0 Å². The molecule has 4 bridgehead atoms. The van der Waals surface area contributed by atoms with Crippen molar-refractivity contribution in [2.45, 2.75) is 41.5 Å². The Hall–Kier alpha value is 0.254. The number of rotatable bonds is 0. The molecule has 1 heterocycles. The van der Waals surface area contributed by atoms with Gasteiger partial charge in [-0.25, -0.2) is 0 Å². The van der Waals surface area contributed by atoms with Gasteiger partial charge in [-0.3, -0.25) is 0 Å². The zero-order valence-electron chi connectivity index (χ0n) is 13.1. The first-order valence-electron chi connectivity index (χ1n) is 6.98. The fourth-order valence-electron chi connectivity index (χ4n) is 3.95. The summed E-state index contributed by atoms with van der Waals surface area (Å²) in [6, 6.07) is 0. The molecule has 2 atom stereocenters. The molecule has 3 rings (SSSR count). The Morgan fingerprint density at radius 3 is 1.55 bits per heavy atom. The van der Waals surface area contributed by atoms with Gasteiger partial charge in [-0.2, -0.15) is 0 Å². The molecule has 0 saturated heterocycles. The van der Waals surface area contributed by atoms with Gasteiger partial charge in [-0.15, -0.1) is 0 Å². The molecule has 3 heteroatoms. The van der Waals surface area contributed by atoms with Gasteiger partial charge in [0.1, 0.15) is 0 Å². The van der Waals surface area contributed by atoms with Crippen LogP contribution in [0.15, 0.2) is 42.2 Å². The standard InChI is InChI=1S/C17H22.2ClH.Ti/c1-11-7-13(3)15(9-11)17(5,6)16-10-12(2)8-14(16)4;;;/h9-12H,1-6H3;2*1H;/q;;;+2/p-2. The van der Waals surface area contributed by atoms with Gasteiger partial charge in [0.2, 0.25) is 0 Å². The second-order valence-electron chi connectivity index (χ2n) is 6.57. The molecule has 0 spiro atoms. The van der Waals surface area contributed by atoms with Crippen molar-refractivity contribution < 1.29 is 44.0 Å². The third-order valence-corrected chi connectivity index (χ3v) is 8.41. The van der Waals surface area contributed by atoms with E-state index >= 15 is 0 Å². The van der Waals surface area contributed by atoms with Crippen LogP contribution in [0, 0.1) is 17.3 Å². The topological polar surface area (TPSA) is 0 Å². The maximum atomic E-state index is 2.54. The zero-order chi connectivity index (χ0) is 13.2. The summed E-state index contributed by atoms with van der Waals surface area (Å²) in [4.78, 5) is 0. The maximum absolute atomic E-state index is 2.54. The van der Waals surface area contributed by atoms with E-state index < -0.39 is 0 Å². The summed E-state index contributed by atoms with van der Waals surface area (Å²) in [5.41, 5.74) is 6.65. The van der Waals surface area contributed by atoms with E-state index in [0.717, 1.165) is 0 Å². The molecule has 2 aliphatic carbocycles. The third kappa shape index (κ3) is 2.33. The Bertz CT molecular complexity index is 514. The Morgan fingerprint density at radius 2 is 1.20 bits per heavy atom. The Balaban J connectivity index is 0.000001000. The predicted octanol–water partition coefficient (Wildman–Crippen LogP) is -1.18. The van der Waals surface area contributed by atoms with E-state index in [0.29, 0.717) is 11.8 Å². The Labute approximate surface area is 144 Å². The molecule has 0 aromatic carbocycles. The van der Waals surface area contributed by atoms with Crippen molar-refractivity contribution in [3.63, 3.8) is 0 Å². The summed E-state index contributed by atoms with van der Waals surface area (Å²) in [5, 5.41) is 0. The van der Waals surface area contributed by atoms with Crippen LogP contribution >= 0.6 is 0 Å². The Kier molecular flexibility index (Phi) is 5.31. The normalized spacial score (nSPS) is 29.3. The van der Waals surface area contributed by atoms with E-state index in [1.807, 2.05) is 0 Å². The third-order valence-electron chi connectivity index (χ3n) is 4.98. The van der Waals surface area contributed by atoms with E-state index in [4.69, 9.17) is 0 Å². The molecule has 108 valence electrons. The minimum Gasteiger partial charge on any atom is -1.00 e. The summed E-state index contributed by atoms with van der Waals surface area (Å²) >= 11 is -0.0794. The van der Waals surface area contributed by atoms with Crippen molar-refractivity contribution >= 4 is 0 Å². The van der Waals surface area contributed by atoms with Crippen molar-refractivity contribution in [3.05, 3.63) is 42.2 Å². The van der Waals surface area contributed by atoms with Crippen LogP contribution in [0.1, 0.15) is 41.5 Å². The number of halogens is 2. The molecule has 0 aromatic rings. The molecule has 0 nitrogen and oxygen atoms in total. The summed E-state index contributed by atoms with van der Waals surface area (Å²) < 4.78 is 3.57. The van der Waals surface area contributed by atoms with Crippen molar-refractivity contribution in [1.82, 2.24) is 0 Å². The summed E-state index contributed by atoms with van der Waals surface area (Å²) in [7, 11) is 0. The molecule has 0 fully saturated rings. The Morgan fingerprint density at radius 1 is 0.850 bits per heavy atom. The number of hydrogen-bond donors (Lipinski definition) is 0. The minimum atomic E-state index is -0.0794. The fraction of sp³-hybridized carbons (Fsp3) is 0.529. The minimum absolute atomic E-state index is 0. The van der Waals surface area contributed by atoms with E-state index in [-0.39, 0.29) is 49.4 Å². The van der Waals surface area contributed by atoms with Crippen LogP contribution in [0.4, 0.5) is 0 Å². The number of fused-ring (bicyclic) bond motifs is 2. The summed E-state index contributed by atoms with van der Waals surface area (Å²) in [6.45, 7) is 14.3. The van der Waals surface area contributed by atoms with Crippen molar-refractivity contribution in [2.24, 2.45) is 17.3 Å². The van der Waals surface area contributed by atoms with E-state index in [1.54, 1.807) is 30.0 Å². The zero-order valence-corrected chi connectivity index (χ0v) is 16.1. The number of hydrogen-bond acceptors (Lipinski definition) is 0. The molecule has 0 radical (unpaired) electrons. The van der Waals surface area contributed by atoms with Crippen LogP contribution in [0.5, 0.6) is 0 Å². The van der Waals surface area contributed by atoms with Crippen molar-refractivity contribution in [3.8, 4) is 0 Å². The SMILES string of the molecule is CC1=[C]2[Ti+2][C]3=C(C)C(=CC3C)C(C)(C)C1=CC2C.[Cl-].[Cl-]. The first-order chi connectivity index (χ1) is 8.34. The molecular weight excluding hydrogens is 323 g/mol. The molecule has 3 aliphatic rings. The molecular formula is C17H22Cl2Ti. The quantitative estimate of drug-likeness (QED) is 0.485. The molecule has 20 heavy (non-hydrogen) atoms. The summed E-state index contributed by atoms with van der Waals surface area (Å²) in [6.07, 6.45) is 5.07. The van der Waals surface area contributed by atoms with Gasteiger partial charge in [0.05, 0.1) is 0 Å². The van der Waals surface area contributed by atoms with Crippen molar-refractivity contribution in [2.75, 3.05) is 0 Å². The van der Waals surface area contributed by atoms with Gasteiger partial charge in [0, 0.05) is 0 Å². The first kappa shape index (κ1) is 18.3. The monoisotopic (exact) mass is 344 g/mol. The van der Waals surface area contributed by atoms with Gasteiger partial charge < -0.3 is 24.8 Å². The smallest absolute Gasteiger partial charge is 1.00 e. The largest absolute Gasteiger partial charge is 1.00 e. The average Bonchev–Trinajstić information content (AvgIpc) is 2.73. The van der Waals surface area contributed by atoms with E-state index in [9.17, 15) is 0 Å². The molecule has 0 N–H and O–H groups in total. The second-order valence-corrected chi connectivity index (χ2v) is 8.64. The predicted molar refractivity (Wildman–Crippen MR) is 73.7 cm³/mol. The van der Waals surface area contributed by atoms with Gasteiger partial charge in [0.15, 0.2) is 0 Å². The fourth-order valence-corrected chi connectivity index (χ4v) is 6.38. The second kappa shape index (κ2) is 5.80. The first-order valence-corrected chi connectivity index (χ1v) is 8.54. The molecule has 2 unspecified atom stereocenters. The van der Waals surface area contributed by atoms with Crippen molar-refractivity contribution in [1.29, 1.82) is 0 Å². The number of allylic oxidation sites excluding steroid dienone is 8. The van der Waals surface area contributed by atoms with Crippen LogP contribution in [-0.4, -0.2) is 0 Å². The van der Waals surface area contributed by atoms with Crippen LogP contribution in [-0.2, 0) is 19.2 Å². The molecule has 1 aliphatic heterocycles. The van der Waals surface area contributed by atoms with Gasteiger partial charge in [-0.05, 0) is 0 Å². The van der Waals surface area contributed by atoms with Crippen LogP contribution in [0.2, 0.25) is 0 Å². The van der Waals surface area contributed by atoms with Crippen LogP contribution in [0.25, 0.3) is 0 Å². The maximum Gasteiger partial charge on any atom is -1.00 e. The van der Waals surface area contributed by atoms with E-state index in [2.05, 4.69) is 53.7 Å². The molecule has 0 aromatic heterocycles. The summed E-state index contributed by atoms with van der Waals surface area (Å²) in [5.74, 6) is 1.37.